The summed E-state index contributed by atoms with van der Waals surface area (Å²) in [4.78, 5) is 18.5. The van der Waals surface area contributed by atoms with Crippen molar-refractivity contribution in [2.45, 2.75) is 25.8 Å². The molecule has 0 radical (unpaired) electrons. The number of aryl methyl sites for hydroxylation is 1. The van der Waals surface area contributed by atoms with E-state index < -0.39 is 0 Å². The minimum atomic E-state index is -0.246. The van der Waals surface area contributed by atoms with Crippen LogP contribution in [0.3, 0.4) is 0 Å². The van der Waals surface area contributed by atoms with Gasteiger partial charge in [-0.15, -0.1) is 0 Å². The lowest BCUT2D eigenvalue weighted by Gasteiger charge is -2.33. The summed E-state index contributed by atoms with van der Waals surface area (Å²) in [7, 11) is 0. The Morgan fingerprint density at radius 3 is 2.82 bits per heavy atom. The van der Waals surface area contributed by atoms with E-state index >= 15 is 0 Å². The van der Waals surface area contributed by atoms with Crippen molar-refractivity contribution in [2.24, 2.45) is 0 Å². The van der Waals surface area contributed by atoms with E-state index in [2.05, 4.69) is 25.7 Å². The maximum Gasteiger partial charge on any atom is 0.320 e. The number of nitrogens with one attached hydrogen (secondary N) is 2. The first-order chi connectivity index (χ1) is 10.7. The Hall–Kier alpha value is -2.57. The van der Waals surface area contributed by atoms with Gasteiger partial charge in [0.15, 0.2) is 5.82 Å². The number of hydrogen-bond acceptors (Lipinski definition) is 5. The Morgan fingerprint density at radius 2 is 2.18 bits per heavy atom. The molecule has 1 fully saturated rings. The molecule has 0 atom stereocenters. The van der Waals surface area contributed by atoms with Crippen LogP contribution >= 0.6 is 0 Å². The highest BCUT2D eigenvalue weighted by Gasteiger charge is 2.21. The zero-order chi connectivity index (χ0) is 15.4. The number of anilines is 2. The third kappa shape index (κ3) is 3.55. The molecule has 0 spiro atoms. The summed E-state index contributed by atoms with van der Waals surface area (Å²) >= 11 is 0. The molecule has 0 aliphatic carbocycles. The number of pyridine rings is 1. The molecule has 22 heavy (non-hydrogen) atoms. The molecule has 1 aliphatic rings. The van der Waals surface area contributed by atoms with Gasteiger partial charge in [0.05, 0.1) is 0 Å². The average Bonchev–Trinajstić information content (AvgIpc) is 2.94. The molecule has 2 aromatic rings. The van der Waals surface area contributed by atoms with Gasteiger partial charge in [0.25, 0.3) is 0 Å². The number of carbonyl (C=O) groups is 1. The predicted molar refractivity (Wildman–Crippen MR) is 82.9 cm³/mol. The topological polar surface area (TPSA) is 83.3 Å². The first kappa shape index (κ1) is 14.4. The van der Waals surface area contributed by atoms with Crippen molar-refractivity contribution in [3.05, 3.63) is 36.2 Å². The molecule has 1 aliphatic heterocycles. The molecule has 0 unspecified atom stereocenters. The van der Waals surface area contributed by atoms with Crippen LogP contribution in [0.5, 0.6) is 0 Å². The second kappa shape index (κ2) is 6.46. The van der Waals surface area contributed by atoms with E-state index in [9.17, 15) is 4.79 Å². The third-order valence-corrected chi connectivity index (χ3v) is 3.67. The molecular weight excluding hydrogens is 282 g/mol. The molecule has 0 bridgehead atoms. The standard InChI is InChI=1S/C15H19N5O2/c1-11-10-13(19-22-11)18-15(21)17-12-5-8-20(9-6-12)14-4-2-3-7-16-14/h2-4,7,10,12H,5-6,8-9H2,1H3,(H2,17,18,19,21). The average molecular weight is 301 g/mol. The van der Waals surface area contributed by atoms with Crippen molar-refractivity contribution in [1.82, 2.24) is 15.5 Å². The molecule has 0 aromatic carbocycles. The quantitative estimate of drug-likeness (QED) is 0.907. The molecule has 116 valence electrons. The van der Waals surface area contributed by atoms with Crippen molar-refractivity contribution < 1.29 is 9.32 Å². The normalized spacial score (nSPS) is 15.6. The minimum absolute atomic E-state index is 0.160. The lowest BCUT2D eigenvalue weighted by Crippen LogP contribution is -2.46. The van der Waals surface area contributed by atoms with Gasteiger partial charge >= 0.3 is 6.03 Å². The smallest absolute Gasteiger partial charge is 0.320 e. The van der Waals surface area contributed by atoms with Crippen LogP contribution in [-0.4, -0.2) is 35.3 Å². The van der Waals surface area contributed by atoms with Gasteiger partial charge in [0.1, 0.15) is 11.6 Å². The SMILES string of the molecule is Cc1cc(NC(=O)NC2CCN(c3ccccn3)CC2)no1. The number of urea groups is 1. The number of carbonyl (C=O) groups excluding carboxylic acids is 1. The van der Waals surface area contributed by atoms with Crippen LogP contribution in [0.2, 0.25) is 0 Å². The van der Waals surface area contributed by atoms with Gasteiger partial charge < -0.3 is 14.7 Å². The zero-order valence-electron chi connectivity index (χ0n) is 12.5. The van der Waals surface area contributed by atoms with E-state index in [0.29, 0.717) is 11.6 Å². The summed E-state index contributed by atoms with van der Waals surface area (Å²) in [5.41, 5.74) is 0. The molecule has 3 heterocycles. The van der Waals surface area contributed by atoms with Gasteiger partial charge in [0.2, 0.25) is 0 Å². The second-order valence-corrected chi connectivity index (χ2v) is 5.37. The summed E-state index contributed by atoms with van der Waals surface area (Å²) in [5.74, 6) is 2.09. The monoisotopic (exact) mass is 301 g/mol. The number of piperidine rings is 1. The summed E-state index contributed by atoms with van der Waals surface area (Å²) < 4.78 is 4.91. The first-order valence-corrected chi connectivity index (χ1v) is 7.37. The highest BCUT2D eigenvalue weighted by atomic mass is 16.5. The molecule has 0 saturated carbocycles. The fourth-order valence-corrected chi connectivity index (χ4v) is 2.56. The van der Waals surface area contributed by atoms with Crippen LogP contribution in [0.4, 0.5) is 16.4 Å². The Bertz CT molecular complexity index is 620. The molecule has 2 N–H and O–H groups in total. The Morgan fingerprint density at radius 1 is 1.36 bits per heavy atom. The lowest BCUT2D eigenvalue weighted by atomic mass is 10.1. The first-order valence-electron chi connectivity index (χ1n) is 7.37. The van der Waals surface area contributed by atoms with Crippen LogP contribution in [0.1, 0.15) is 18.6 Å². The zero-order valence-corrected chi connectivity index (χ0v) is 12.5. The summed E-state index contributed by atoms with van der Waals surface area (Å²) in [6.45, 7) is 3.54. The van der Waals surface area contributed by atoms with E-state index in [1.165, 1.54) is 0 Å². The van der Waals surface area contributed by atoms with E-state index in [0.717, 1.165) is 31.7 Å². The number of amides is 2. The van der Waals surface area contributed by atoms with Crippen LogP contribution < -0.4 is 15.5 Å². The van der Waals surface area contributed by atoms with Crippen LogP contribution in [0, 0.1) is 6.92 Å². The lowest BCUT2D eigenvalue weighted by molar-refractivity contribution is 0.245. The van der Waals surface area contributed by atoms with E-state index in [1.807, 2.05) is 18.2 Å². The van der Waals surface area contributed by atoms with Gasteiger partial charge in [-0.1, -0.05) is 11.2 Å². The summed E-state index contributed by atoms with van der Waals surface area (Å²) in [5, 5.41) is 9.38. The minimum Gasteiger partial charge on any atom is -0.360 e. The van der Waals surface area contributed by atoms with Crippen molar-refractivity contribution in [3.8, 4) is 0 Å². The molecule has 3 rings (SSSR count). The molecule has 1 saturated heterocycles. The van der Waals surface area contributed by atoms with Gasteiger partial charge in [-0.3, -0.25) is 5.32 Å². The van der Waals surface area contributed by atoms with Gasteiger partial charge in [0, 0.05) is 31.4 Å². The Labute approximate surface area is 128 Å². The van der Waals surface area contributed by atoms with Crippen molar-refractivity contribution in [3.63, 3.8) is 0 Å². The maximum atomic E-state index is 11.9. The maximum absolute atomic E-state index is 11.9. The number of hydrogen-bond donors (Lipinski definition) is 2. The third-order valence-electron chi connectivity index (χ3n) is 3.67. The predicted octanol–water partition coefficient (Wildman–Crippen LogP) is 2.17. The molecule has 2 aromatic heterocycles. The second-order valence-electron chi connectivity index (χ2n) is 5.37. The van der Waals surface area contributed by atoms with Crippen LogP contribution in [0.15, 0.2) is 35.0 Å². The largest absolute Gasteiger partial charge is 0.360 e. The van der Waals surface area contributed by atoms with Crippen LogP contribution in [-0.2, 0) is 0 Å². The summed E-state index contributed by atoms with van der Waals surface area (Å²) in [6.07, 6.45) is 3.58. The fourth-order valence-electron chi connectivity index (χ4n) is 2.56. The molecule has 7 heteroatoms. The highest BCUT2D eigenvalue weighted by Crippen LogP contribution is 2.17. The molecule has 7 nitrogen and oxygen atoms in total. The van der Waals surface area contributed by atoms with Crippen molar-refractivity contribution in [1.29, 1.82) is 0 Å². The fraction of sp³-hybridized carbons (Fsp3) is 0.400. The summed E-state index contributed by atoms with van der Waals surface area (Å²) in [6, 6.07) is 7.50. The Balaban J connectivity index is 1.46. The number of aromatic nitrogens is 2. The van der Waals surface area contributed by atoms with Gasteiger partial charge in [-0.05, 0) is 31.9 Å². The number of nitrogens with zero attached hydrogens (tertiary/aromatic N) is 3. The molecular formula is C15H19N5O2. The highest BCUT2D eigenvalue weighted by molar-refractivity contribution is 5.88. The molecule has 2 amide bonds. The number of rotatable bonds is 3. The van der Waals surface area contributed by atoms with E-state index in [1.54, 1.807) is 19.2 Å². The van der Waals surface area contributed by atoms with Crippen molar-refractivity contribution in [2.75, 3.05) is 23.3 Å². The van der Waals surface area contributed by atoms with E-state index in [4.69, 9.17) is 4.52 Å². The van der Waals surface area contributed by atoms with Crippen LogP contribution in [0.25, 0.3) is 0 Å². The Kier molecular flexibility index (Phi) is 4.22. The van der Waals surface area contributed by atoms with Crippen molar-refractivity contribution >= 4 is 17.7 Å². The van der Waals surface area contributed by atoms with Gasteiger partial charge in [-0.2, -0.15) is 0 Å². The van der Waals surface area contributed by atoms with Gasteiger partial charge in [-0.25, -0.2) is 9.78 Å². The van der Waals surface area contributed by atoms with E-state index in [-0.39, 0.29) is 12.1 Å².